The zero-order valence-electron chi connectivity index (χ0n) is 35.8. The van der Waals surface area contributed by atoms with Crippen molar-refractivity contribution in [1.82, 2.24) is 48.6 Å². The van der Waals surface area contributed by atoms with Gasteiger partial charge in [0.15, 0.2) is 11.3 Å². The number of para-hydroxylation sites is 1. The quantitative estimate of drug-likeness (QED) is 0.163. The van der Waals surface area contributed by atoms with Crippen molar-refractivity contribution in [3.8, 4) is 11.8 Å². The second-order valence-corrected chi connectivity index (χ2v) is 18.2. The van der Waals surface area contributed by atoms with Crippen LogP contribution in [0.2, 0.25) is 0 Å². The van der Waals surface area contributed by atoms with Crippen LogP contribution in [0.5, 0.6) is 0 Å². The van der Waals surface area contributed by atoms with E-state index in [-0.39, 0.29) is 47.1 Å². The highest BCUT2D eigenvalue weighted by Gasteiger charge is 2.41. The second-order valence-electron chi connectivity index (χ2n) is 18.2. The fourth-order valence-corrected chi connectivity index (χ4v) is 10.2. The summed E-state index contributed by atoms with van der Waals surface area (Å²) in [7, 11) is 1.68. The van der Waals surface area contributed by atoms with Crippen LogP contribution in [0.3, 0.4) is 0 Å². The molecule has 1 unspecified atom stereocenters. The maximum Gasteiger partial charge on any atom is 0.329 e. The van der Waals surface area contributed by atoms with Gasteiger partial charge in [-0.2, -0.15) is 10.2 Å². The molecule has 64 heavy (non-hydrogen) atoms. The number of hydrogen-bond acceptors (Lipinski definition) is 11. The first-order valence-electron chi connectivity index (χ1n) is 22.4. The summed E-state index contributed by atoms with van der Waals surface area (Å²) < 4.78 is 40.3. The van der Waals surface area contributed by atoms with Gasteiger partial charge in [0.1, 0.15) is 17.4 Å². The molecule has 10 rings (SSSR count). The molecule has 4 aliphatic heterocycles. The molecule has 2 N–H and O–H groups in total. The molecule has 1 aromatic carbocycles. The number of benzene rings is 1. The van der Waals surface area contributed by atoms with E-state index in [1.165, 1.54) is 19.8 Å². The molecule has 336 valence electrons. The highest BCUT2D eigenvalue weighted by molar-refractivity contribution is 6.08. The zero-order valence-corrected chi connectivity index (χ0v) is 35.8. The molecular weight excluding hydrogens is 827 g/mol. The van der Waals surface area contributed by atoms with E-state index >= 15 is 0 Å². The molecular formula is C45H52F2N12O5. The van der Waals surface area contributed by atoms with Gasteiger partial charge in [-0.05, 0) is 69.1 Å². The van der Waals surface area contributed by atoms with E-state index < -0.39 is 30.0 Å². The van der Waals surface area contributed by atoms with Gasteiger partial charge in [-0.3, -0.25) is 38.4 Å². The molecule has 4 aromatic heterocycles. The van der Waals surface area contributed by atoms with E-state index in [4.69, 9.17) is 9.72 Å². The van der Waals surface area contributed by atoms with Gasteiger partial charge < -0.3 is 19.9 Å². The molecule has 0 bridgehead atoms. The Morgan fingerprint density at radius 3 is 2.48 bits per heavy atom. The van der Waals surface area contributed by atoms with Gasteiger partial charge in [0, 0.05) is 77.1 Å². The van der Waals surface area contributed by atoms with Crippen molar-refractivity contribution in [2.75, 3.05) is 75.8 Å². The van der Waals surface area contributed by atoms with Crippen LogP contribution >= 0.6 is 0 Å². The maximum atomic E-state index is 14.3. The van der Waals surface area contributed by atoms with E-state index in [9.17, 15) is 28.0 Å². The molecule has 1 spiro atoms. The maximum absolute atomic E-state index is 14.3. The number of anilines is 2. The molecule has 1 atom stereocenters. The summed E-state index contributed by atoms with van der Waals surface area (Å²) in [6.07, 6.45) is 7.87. The summed E-state index contributed by atoms with van der Waals surface area (Å²) in [6.45, 7) is 8.43. The summed E-state index contributed by atoms with van der Waals surface area (Å²) in [4.78, 5) is 63.0. The lowest BCUT2D eigenvalue weighted by Gasteiger charge is -2.47. The number of alkyl halides is 2. The fraction of sp³-hybridized carbons (Fsp3) is 0.533. The molecule has 19 heteroatoms. The van der Waals surface area contributed by atoms with Crippen LogP contribution in [0.15, 0.2) is 47.7 Å². The van der Waals surface area contributed by atoms with Crippen molar-refractivity contribution in [3.05, 3.63) is 70.2 Å². The smallest absolute Gasteiger partial charge is 0.329 e. The van der Waals surface area contributed by atoms with Crippen molar-refractivity contribution in [2.45, 2.75) is 69.9 Å². The van der Waals surface area contributed by atoms with Crippen LogP contribution < -0.4 is 21.2 Å². The number of nitrogens with zero attached hydrogens (tertiary/aromatic N) is 10. The summed E-state index contributed by atoms with van der Waals surface area (Å²) in [6, 6.07) is 6.61. The molecule has 4 saturated heterocycles. The number of fused-ring (bicyclic) bond motifs is 2. The summed E-state index contributed by atoms with van der Waals surface area (Å²) >= 11 is 0. The average Bonchev–Trinajstić information content (AvgIpc) is 3.98. The van der Waals surface area contributed by atoms with Gasteiger partial charge >= 0.3 is 5.69 Å². The molecule has 5 aliphatic rings. The molecule has 17 nitrogen and oxygen atoms in total. The summed E-state index contributed by atoms with van der Waals surface area (Å²) in [5.74, 6) is 6.45. The zero-order chi connectivity index (χ0) is 44.1. The molecule has 5 fully saturated rings. The first kappa shape index (κ1) is 42.0. The second kappa shape index (κ2) is 17.2. The predicted molar refractivity (Wildman–Crippen MR) is 232 cm³/mol. The van der Waals surface area contributed by atoms with E-state index in [1.54, 1.807) is 24.1 Å². The Kier molecular flexibility index (Phi) is 11.3. The lowest BCUT2D eigenvalue weighted by molar-refractivity contribution is -0.135. The number of piperidine rings is 2. The van der Waals surface area contributed by atoms with Crippen LogP contribution in [0, 0.1) is 23.2 Å². The van der Waals surface area contributed by atoms with Crippen molar-refractivity contribution in [1.29, 1.82) is 0 Å². The lowest BCUT2D eigenvalue weighted by atomic mass is 9.77. The average molecular weight is 879 g/mol. The minimum absolute atomic E-state index is 0.00391. The lowest BCUT2D eigenvalue weighted by Crippen LogP contribution is -2.51. The van der Waals surface area contributed by atoms with Gasteiger partial charge in [-0.15, -0.1) is 0 Å². The van der Waals surface area contributed by atoms with Gasteiger partial charge in [-0.1, -0.05) is 17.9 Å². The number of piperazine rings is 1. The van der Waals surface area contributed by atoms with E-state index in [0.717, 1.165) is 103 Å². The fourth-order valence-electron chi connectivity index (χ4n) is 10.2. The van der Waals surface area contributed by atoms with Crippen LogP contribution in [0.4, 0.5) is 20.3 Å². The van der Waals surface area contributed by atoms with Gasteiger partial charge in [0.2, 0.25) is 11.8 Å². The van der Waals surface area contributed by atoms with E-state index in [2.05, 4.69) is 47.4 Å². The highest BCUT2D eigenvalue weighted by Crippen LogP contribution is 2.40. The summed E-state index contributed by atoms with van der Waals surface area (Å²) in [5.41, 5.74) is 2.06. The summed E-state index contributed by atoms with van der Waals surface area (Å²) in [5, 5.41) is 13.7. The third-order valence-electron chi connectivity index (χ3n) is 14.1. The number of aryl methyl sites for hydroxylation is 1. The molecule has 5 aromatic rings. The minimum Gasteiger partial charge on any atom is -0.380 e. The monoisotopic (exact) mass is 878 g/mol. The van der Waals surface area contributed by atoms with Crippen molar-refractivity contribution in [2.24, 2.45) is 18.4 Å². The number of imide groups is 1. The number of ether oxygens (including phenoxy) is 1. The van der Waals surface area contributed by atoms with Crippen molar-refractivity contribution < 1.29 is 27.9 Å². The van der Waals surface area contributed by atoms with E-state index in [0.29, 0.717) is 34.7 Å². The Morgan fingerprint density at radius 2 is 1.77 bits per heavy atom. The van der Waals surface area contributed by atoms with Crippen LogP contribution in [0.25, 0.3) is 16.7 Å². The Bertz CT molecular complexity index is 2720. The van der Waals surface area contributed by atoms with Gasteiger partial charge in [0.05, 0.1) is 54.3 Å². The highest BCUT2D eigenvalue weighted by atomic mass is 19.3. The minimum atomic E-state index is -2.86. The molecule has 1 saturated carbocycles. The molecule has 1 aliphatic carbocycles. The molecule has 8 heterocycles. The first-order valence-corrected chi connectivity index (χ1v) is 22.4. The topological polar surface area (TPSA) is 169 Å². The van der Waals surface area contributed by atoms with Crippen LogP contribution in [-0.4, -0.2) is 127 Å². The third kappa shape index (κ3) is 8.07. The third-order valence-corrected chi connectivity index (χ3v) is 14.1. The number of nitrogens with one attached hydrogen (secondary N) is 2. The Hall–Kier alpha value is -5.97. The normalized spacial score (nSPS) is 23.1. The molecule has 3 amide bonds. The van der Waals surface area contributed by atoms with Crippen LogP contribution in [0.1, 0.15) is 91.5 Å². The number of hydrogen-bond donors (Lipinski definition) is 2. The largest absolute Gasteiger partial charge is 0.380 e. The van der Waals surface area contributed by atoms with E-state index in [1.807, 2.05) is 24.3 Å². The predicted octanol–water partition coefficient (Wildman–Crippen LogP) is 3.76. The standard InChI is InChI=1S/C45H52F2N12O5/c1-53-39-30(4-2-6-34(39)59(44(53)63)35-11-12-37(60)51-43(35)62)5-3-16-54-20-22-55(23-21-54)25-29-7-9-31(10-8-29)58-26-33(38(52-58)40(46)47)49-42(61)32-24-48-57-17-13-36(50-41(32)57)56-18-14-45(15-19-56)27-64-28-45/h2,4,6,13,17,24,26,29,31,35,40H,7-12,14-16,18-23,25,27-28H2,1H3,(H,49,61)(H,51,60,62). The SMILES string of the molecule is Cn1c(=O)n(C2CCC(=O)NC2=O)c2cccc(C#CCN3CCN(CC4CCC(n5cc(NC(=O)c6cnn7ccc(N8CCC9(CC8)COC9)nc67)c(C(F)F)n5)CC4)CC3)c21. The number of carbonyl (C=O) groups excluding carboxylic acids is 3. The number of rotatable bonds is 9. The van der Waals surface area contributed by atoms with Crippen molar-refractivity contribution in [3.63, 3.8) is 0 Å². The van der Waals surface area contributed by atoms with Crippen molar-refractivity contribution >= 4 is 45.9 Å². The van der Waals surface area contributed by atoms with Gasteiger partial charge in [-0.25, -0.2) is 23.1 Å². The Balaban J connectivity index is 0.713. The first-order chi connectivity index (χ1) is 31.0. The number of amides is 3. The number of carbonyl (C=O) groups is 3. The number of imidazole rings is 1. The van der Waals surface area contributed by atoms with Crippen LogP contribution in [-0.2, 0) is 21.4 Å². The number of halogens is 2. The molecule has 0 radical (unpaired) electrons. The Labute approximate surface area is 367 Å². The Morgan fingerprint density at radius 1 is 1.00 bits per heavy atom. The van der Waals surface area contributed by atoms with Gasteiger partial charge in [0.25, 0.3) is 12.3 Å². The number of aromatic nitrogens is 7.